The van der Waals surface area contributed by atoms with Crippen LogP contribution in [0.25, 0.3) is 0 Å². The predicted molar refractivity (Wildman–Crippen MR) is 70.4 cm³/mol. The molecule has 1 fully saturated rings. The van der Waals surface area contributed by atoms with Crippen molar-refractivity contribution >= 4 is 27.6 Å². The van der Waals surface area contributed by atoms with Gasteiger partial charge in [-0.25, -0.2) is 0 Å². The molecule has 4 nitrogen and oxygen atoms in total. The lowest BCUT2D eigenvalue weighted by Gasteiger charge is -2.34. The van der Waals surface area contributed by atoms with Crippen molar-refractivity contribution in [2.75, 3.05) is 24.5 Å². The summed E-state index contributed by atoms with van der Waals surface area (Å²) < 4.78 is 1.05. The van der Waals surface area contributed by atoms with Crippen molar-refractivity contribution in [2.45, 2.75) is 12.5 Å². The fourth-order valence-electron chi connectivity index (χ4n) is 2.06. The highest BCUT2D eigenvalue weighted by molar-refractivity contribution is 9.10. The average molecular weight is 299 g/mol. The molecule has 0 bridgehead atoms. The first-order valence-corrected chi connectivity index (χ1v) is 6.40. The fraction of sp³-hybridized carbons (Fsp3) is 0.417. The number of rotatable bonds is 3. The van der Waals surface area contributed by atoms with Crippen molar-refractivity contribution in [2.24, 2.45) is 0 Å². The maximum atomic E-state index is 10.7. The van der Waals surface area contributed by atoms with Gasteiger partial charge in [0.1, 0.15) is 0 Å². The van der Waals surface area contributed by atoms with E-state index in [1.165, 1.54) is 0 Å². The Bertz CT molecular complexity index is 394. The average Bonchev–Trinajstić information content (AvgIpc) is 2.29. The van der Waals surface area contributed by atoms with E-state index >= 15 is 0 Å². The summed E-state index contributed by atoms with van der Waals surface area (Å²) in [7, 11) is 0. The molecular weight excluding hydrogens is 284 g/mol. The second-order valence-electron chi connectivity index (χ2n) is 4.17. The molecule has 2 N–H and O–H groups in total. The number of aliphatic carboxylic acids is 1. The molecule has 1 aliphatic rings. The summed E-state index contributed by atoms with van der Waals surface area (Å²) in [6.45, 7) is 2.49. The molecule has 17 heavy (non-hydrogen) atoms. The van der Waals surface area contributed by atoms with E-state index in [0.29, 0.717) is 0 Å². The van der Waals surface area contributed by atoms with Crippen LogP contribution >= 0.6 is 15.9 Å². The number of benzene rings is 1. The molecule has 1 saturated heterocycles. The zero-order chi connectivity index (χ0) is 12.3. The van der Waals surface area contributed by atoms with Crippen molar-refractivity contribution in [3.8, 4) is 0 Å². The number of carboxylic acid groups (broad SMARTS) is 1. The number of piperazine rings is 1. The van der Waals surface area contributed by atoms with Gasteiger partial charge in [-0.1, -0.05) is 15.9 Å². The third-order valence-corrected chi connectivity index (χ3v) is 3.40. The summed E-state index contributed by atoms with van der Waals surface area (Å²) in [4.78, 5) is 12.9. The Morgan fingerprint density at radius 3 is 2.82 bits per heavy atom. The largest absolute Gasteiger partial charge is 0.481 e. The Labute approximate surface area is 109 Å². The lowest BCUT2D eigenvalue weighted by atomic mass is 10.1. The minimum absolute atomic E-state index is 0.0323. The van der Waals surface area contributed by atoms with Gasteiger partial charge in [0.25, 0.3) is 0 Å². The minimum atomic E-state index is -0.750. The molecular formula is C12H15BrN2O2. The van der Waals surface area contributed by atoms with E-state index in [-0.39, 0.29) is 12.5 Å². The highest BCUT2D eigenvalue weighted by Crippen LogP contribution is 2.19. The van der Waals surface area contributed by atoms with Crippen LogP contribution in [0.5, 0.6) is 0 Å². The highest BCUT2D eigenvalue weighted by Gasteiger charge is 2.21. The maximum Gasteiger partial charge on any atom is 0.304 e. The topological polar surface area (TPSA) is 52.6 Å². The van der Waals surface area contributed by atoms with Crippen molar-refractivity contribution in [1.29, 1.82) is 0 Å². The molecule has 0 aromatic heterocycles. The van der Waals surface area contributed by atoms with Gasteiger partial charge < -0.3 is 15.3 Å². The number of hydrogen-bond acceptors (Lipinski definition) is 3. The van der Waals surface area contributed by atoms with Crippen molar-refractivity contribution in [3.05, 3.63) is 28.7 Å². The molecule has 92 valence electrons. The first-order valence-electron chi connectivity index (χ1n) is 5.61. The van der Waals surface area contributed by atoms with Gasteiger partial charge in [-0.05, 0) is 24.3 Å². The summed E-state index contributed by atoms with van der Waals surface area (Å²) >= 11 is 3.41. The molecule has 1 atom stereocenters. The van der Waals surface area contributed by atoms with Crippen LogP contribution in [-0.2, 0) is 4.79 Å². The number of anilines is 1. The lowest BCUT2D eigenvalue weighted by Crippen LogP contribution is -2.51. The Kier molecular flexibility index (Phi) is 4.02. The Hall–Kier alpha value is -1.07. The molecule has 1 aliphatic heterocycles. The molecule has 0 saturated carbocycles. The van der Waals surface area contributed by atoms with Crippen molar-refractivity contribution in [3.63, 3.8) is 0 Å². The monoisotopic (exact) mass is 298 g/mol. The first-order chi connectivity index (χ1) is 8.15. The van der Waals surface area contributed by atoms with Crippen LogP contribution in [-0.4, -0.2) is 36.8 Å². The summed E-state index contributed by atoms with van der Waals surface area (Å²) in [6, 6.07) is 8.14. The van der Waals surface area contributed by atoms with Crippen LogP contribution in [0.1, 0.15) is 6.42 Å². The zero-order valence-electron chi connectivity index (χ0n) is 9.40. The quantitative estimate of drug-likeness (QED) is 0.892. The van der Waals surface area contributed by atoms with E-state index in [0.717, 1.165) is 29.8 Å². The van der Waals surface area contributed by atoms with Crippen LogP contribution in [0.2, 0.25) is 0 Å². The first kappa shape index (κ1) is 12.4. The number of hydrogen-bond donors (Lipinski definition) is 2. The molecule has 0 radical (unpaired) electrons. The zero-order valence-corrected chi connectivity index (χ0v) is 11.0. The van der Waals surface area contributed by atoms with Gasteiger partial charge in [0.2, 0.25) is 0 Å². The smallest absolute Gasteiger partial charge is 0.304 e. The Morgan fingerprint density at radius 1 is 1.47 bits per heavy atom. The van der Waals surface area contributed by atoms with E-state index in [4.69, 9.17) is 5.11 Å². The number of halogens is 1. The van der Waals surface area contributed by atoms with Crippen molar-refractivity contribution < 1.29 is 9.90 Å². The predicted octanol–water partition coefficient (Wildman–Crippen LogP) is 1.70. The van der Waals surface area contributed by atoms with Gasteiger partial charge in [-0.15, -0.1) is 0 Å². The number of nitrogens with one attached hydrogen (secondary N) is 1. The summed E-state index contributed by atoms with van der Waals surface area (Å²) in [5.41, 5.74) is 1.14. The lowest BCUT2D eigenvalue weighted by molar-refractivity contribution is -0.137. The van der Waals surface area contributed by atoms with Gasteiger partial charge >= 0.3 is 5.97 Å². The standard InChI is InChI=1S/C12H15BrN2O2/c13-9-1-3-11(4-2-9)15-6-5-14-10(8-15)7-12(16)17/h1-4,10,14H,5-8H2,(H,16,17). The summed E-state index contributed by atoms with van der Waals surface area (Å²) in [6.07, 6.45) is 0.174. The van der Waals surface area contributed by atoms with Crippen molar-refractivity contribution in [1.82, 2.24) is 5.32 Å². The SMILES string of the molecule is O=C(O)CC1CN(c2ccc(Br)cc2)CCN1. The molecule has 1 heterocycles. The molecule has 1 unspecified atom stereocenters. The van der Waals surface area contributed by atoms with Gasteiger partial charge in [-0.2, -0.15) is 0 Å². The molecule has 0 amide bonds. The second-order valence-corrected chi connectivity index (χ2v) is 5.09. The number of nitrogens with zero attached hydrogens (tertiary/aromatic N) is 1. The van der Waals surface area contributed by atoms with Gasteiger partial charge in [0.15, 0.2) is 0 Å². The minimum Gasteiger partial charge on any atom is -0.481 e. The molecule has 0 aliphatic carbocycles. The summed E-state index contributed by atoms with van der Waals surface area (Å²) in [5, 5.41) is 12.0. The normalized spacial score (nSPS) is 20.3. The van der Waals surface area contributed by atoms with E-state index in [1.54, 1.807) is 0 Å². The fourth-order valence-corrected chi connectivity index (χ4v) is 2.32. The third kappa shape index (κ3) is 3.44. The molecule has 5 heteroatoms. The Morgan fingerprint density at radius 2 is 2.18 bits per heavy atom. The second kappa shape index (κ2) is 5.51. The van der Waals surface area contributed by atoms with E-state index in [2.05, 4.69) is 26.1 Å². The van der Waals surface area contributed by atoms with Crippen LogP contribution in [0.3, 0.4) is 0 Å². The Balaban J connectivity index is 2.01. The van der Waals surface area contributed by atoms with Crippen LogP contribution in [0.4, 0.5) is 5.69 Å². The molecule has 1 aromatic rings. The molecule has 2 rings (SSSR count). The number of carbonyl (C=O) groups is 1. The van der Waals surface area contributed by atoms with Crippen LogP contribution < -0.4 is 10.2 Å². The van der Waals surface area contributed by atoms with Gasteiger partial charge in [0.05, 0.1) is 6.42 Å². The van der Waals surface area contributed by atoms with E-state index < -0.39 is 5.97 Å². The maximum absolute atomic E-state index is 10.7. The van der Waals surface area contributed by atoms with Crippen LogP contribution in [0.15, 0.2) is 28.7 Å². The van der Waals surface area contributed by atoms with E-state index in [1.807, 2.05) is 24.3 Å². The molecule has 1 aromatic carbocycles. The highest BCUT2D eigenvalue weighted by atomic mass is 79.9. The van der Waals surface area contributed by atoms with Crippen LogP contribution in [0, 0.1) is 0 Å². The van der Waals surface area contributed by atoms with E-state index in [9.17, 15) is 4.79 Å². The van der Waals surface area contributed by atoms with Gasteiger partial charge in [-0.3, -0.25) is 4.79 Å². The van der Waals surface area contributed by atoms with Gasteiger partial charge in [0, 0.05) is 35.8 Å². The number of carboxylic acids is 1. The third-order valence-electron chi connectivity index (χ3n) is 2.87. The summed E-state index contributed by atoms with van der Waals surface area (Å²) in [5.74, 6) is -0.750. The molecule has 0 spiro atoms.